The van der Waals surface area contributed by atoms with Crippen molar-refractivity contribution in [2.45, 2.75) is 235 Å². The summed E-state index contributed by atoms with van der Waals surface area (Å²) < 4.78 is 0. The third-order valence-electron chi connectivity index (χ3n) is 14.1. The lowest BCUT2D eigenvalue weighted by molar-refractivity contribution is 0.238. The van der Waals surface area contributed by atoms with Crippen LogP contribution in [0.2, 0.25) is 0 Å². The molecule has 2 fully saturated rings. The summed E-state index contributed by atoms with van der Waals surface area (Å²) in [6.07, 6.45) is 41.5. The first-order chi connectivity index (χ1) is 22.4. The van der Waals surface area contributed by atoms with Crippen LogP contribution in [0.4, 0.5) is 0 Å². The molecule has 2 aliphatic rings. The van der Waals surface area contributed by atoms with E-state index in [-0.39, 0.29) is 0 Å². The molecule has 0 heteroatoms. The first kappa shape index (κ1) is 42.2. The molecule has 0 heterocycles. The molecule has 0 aromatic carbocycles. The molecule has 0 N–H and O–H groups in total. The molecule has 2 saturated carbocycles. The molecule has 0 radical (unpaired) electrons. The SMILES string of the molecule is CCCC1CCCC(C)C(CCCCC(C)CCCC2CC2CC(CC)CCCCCC(CCC(CC)CC)C(CC)CCC)C1. The Kier molecular flexibility index (Phi) is 23.7. The van der Waals surface area contributed by atoms with E-state index in [2.05, 4.69) is 55.4 Å². The van der Waals surface area contributed by atoms with E-state index in [1.165, 1.54) is 154 Å². The van der Waals surface area contributed by atoms with Gasteiger partial charge >= 0.3 is 0 Å². The highest BCUT2D eigenvalue weighted by molar-refractivity contribution is 4.87. The molecule has 2 aliphatic carbocycles. The van der Waals surface area contributed by atoms with Gasteiger partial charge in [-0.25, -0.2) is 0 Å². The zero-order valence-corrected chi connectivity index (χ0v) is 33.6. The fraction of sp³-hybridized carbons (Fsp3) is 1.00. The van der Waals surface area contributed by atoms with Gasteiger partial charge in [0.05, 0.1) is 0 Å². The van der Waals surface area contributed by atoms with Crippen LogP contribution in [0.25, 0.3) is 0 Å². The van der Waals surface area contributed by atoms with Crippen molar-refractivity contribution in [3.63, 3.8) is 0 Å². The topological polar surface area (TPSA) is 0 Å². The molecule has 0 saturated heterocycles. The summed E-state index contributed by atoms with van der Waals surface area (Å²) in [5.74, 6) is 10.1. The second kappa shape index (κ2) is 25.9. The molecular weight excluding hydrogens is 553 g/mol. The molecule has 0 amide bonds. The molecule has 0 bridgehead atoms. The zero-order valence-electron chi connectivity index (χ0n) is 33.6. The predicted molar refractivity (Wildman–Crippen MR) is 210 cm³/mol. The van der Waals surface area contributed by atoms with Crippen molar-refractivity contribution in [3.8, 4) is 0 Å². The van der Waals surface area contributed by atoms with E-state index in [9.17, 15) is 0 Å². The number of hydrogen-bond acceptors (Lipinski definition) is 0. The van der Waals surface area contributed by atoms with Crippen LogP contribution < -0.4 is 0 Å². The third-order valence-corrected chi connectivity index (χ3v) is 14.1. The van der Waals surface area contributed by atoms with Crippen molar-refractivity contribution in [3.05, 3.63) is 0 Å². The van der Waals surface area contributed by atoms with Crippen molar-refractivity contribution in [1.29, 1.82) is 0 Å². The summed E-state index contributed by atoms with van der Waals surface area (Å²) in [4.78, 5) is 0. The van der Waals surface area contributed by atoms with Crippen LogP contribution >= 0.6 is 0 Å². The standard InChI is InChI=1S/C46H90/c1-9-22-41-28-21-26-38(8)44(35-41)30-19-18-24-37(7)25-20-31-45-36-46(45)34-40(13-5)27-16-15-17-29-43(42(14-6)23-10-2)33-32-39(11-3)12-4/h37-46H,9-36H2,1-8H3. The first-order valence-corrected chi connectivity index (χ1v) is 22.4. The van der Waals surface area contributed by atoms with E-state index in [4.69, 9.17) is 0 Å². The molecular formula is C46H90. The van der Waals surface area contributed by atoms with Gasteiger partial charge in [-0.3, -0.25) is 0 Å². The second-order valence-corrected chi connectivity index (χ2v) is 17.8. The Morgan fingerprint density at radius 1 is 0.500 bits per heavy atom. The predicted octanol–water partition coefficient (Wildman–Crippen LogP) is 16.3. The van der Waals surface area contributed by atoms with Crippen LogP contribution in [0.5, 0.6) is 0 Å². The van der Waals surface area contributed by atoms with Crippen molar-refractivity contribution < 1.29 is 0 Å². The molecule has 9 unspecified atom stereocenters. The molecule has 0 nitrogen and oxygen atoms in total. The third kappa shape index (κ3) is 17.6. The summed E-state index contributed by atoms with van der Waals surface area (Å²) in [6.45, 7) is 19.7. The van der Waals surface area contributed by atoms with Crippen LogP contribution in [-0.4, -0.2) is 0 Å². The minimum absolute atomic E-state index is 0.953. The van der Waals surface area contributed by atoms with Gasteiger partial charge in [0, 0.05) is 0 Å². The second-order valence-electron chi connectivity index (χ2n) is 17.8. The summed E-state index contributed by atoms with van der Waals surface area (Å²) in [7, 11) is 0. The van der Waals surface area contributed by atoms with E-state index in [1.807, 2.05) is 0 Å². The highest BCUT2D eigenvalue weighted by atomic mass is 14.4. The van der Waals surface area contributed by atoms with Crippen molar-refractivity contribution in [2.24, 2.45) is 59.2 Å². The summed E-state index contributed by atoms with van der Waals surface area (Å²) in [5.41, 5.74) is 0. The Balaban J connectivity index is 1.55. The quantitative estimate of drug-likeness (QED) is 0.0562. The normalized spacial score (nSPS) is 26.2. The zero-order chi connectivity index (χ0) is 33.6. The lowest BCUT2D eigenvalue weighted by atomic mass is 9.78. The Labute approximate surface area is 293 Å². The van der Waals surface area contributed by atoms with E-state index >= 15 is 0 Å². The Morgan fingerprint density at radius 2 is 1.20 bits per heavy atom. The molecule has 9 atom stereocenters. The molecule has 0 aromatic rings. The average Bonchev–Trinajstić information content (AvgIpc) is 3.83. The Bertz CT molecular complexity index is 676. The lowest BCUT2D eigenvalue weighted by Crippen LogP contribution is -2.16. The maximum absolute atomic E-state index is 2.57. The van der Waals surface area contributed by atoms with Gasteiger partial charge in [-0.1, -0.05) is 209 Å². The fourth-order valence-corrected chi connectivity index (χ4v) is 10.4. The lowest BCUT2D eigenvalue weighted by Gasteiger charge is -2.28. The van der Waals surface area contributed by atoms with Crippen LogP contribution in [0.1, 0.15) is 235 Å². The molecule has 0 aliphatic heterocycles. The maximum Gasteiger partial charge on any atom is -0.0380 e. The molecule has 0 aromatic heterocycles. The summed E-state index contributed by atoms with van der Waals surface area (Å²) in [6, 6.07) is 0. The van der Waals surface area contributed by atoms with Crippen molar-refractivity contribution in [1.82, 2.24) is 0 Å². The monoisotopic (exact) mass is 643 g/mol. The molecule has 46 heavy (non-hydrogen) atoms. The molecule has 274 valence electrons. The van der Waals surface area contributed by atoms with Gasteiger partial charge in [0.1, 0.15) is 0 Å². The molecule has 2 rings (SSSR count). The molecule has 0 spiro atoms. The Hall–Kier alpha value is 0. The van der Waals surface area contributed by atoms with Crippen LogP contribution in [0.15, 0.2) is 0 Å². The first-order valence-electron chi connectivity index (χ1n) is 22.4. The smallest absolute Gasteiger partial charge is 0.0380 e. The van der Waals surface area contributed by atoms with Crippen LogP contribution in [0.3, 0.4) is 0 Å². The van der Waals surface area contributed by atoms with Gasteiger partial charge in [0.2, 0.25) is 0 Å². The number of rotatable bonds is 29. The van der Waals surface area contributed by atoms with Gasteiger partial charge in [-0.15, -0.1) is 0 Å². The van der Waals surface area contributed by atoms with E-state index < -0.39 is 0 Å². The van der Waals surface area contributed by atoms with Gasteiger partial charge in [0.15, 0.2) is 0 Å². The van der Waals surface area contributed by atoms with E-state index in [1.54, 1.807) is 25.7 Å². The van der Waals surface area contributed by atoms with Gasteiger partial charge in [-0.05, 0) is 84.9 Å². The van der Waals surface area contributed by atoms with Crippen molar-refractivity contribution >= 4 is 0 Å². The van der Waals surface area contributed by atoms with Gasteiger partial charge in [0.25, 0.3) is 0 Å². The summed E-state index contributed by atoms with van der Waals surface area (Å²) >= 11 is 0. The van der Waals surface area contributed by atoms with Gasteiger partial charge in [-0.2, -0.15) is 0 Å². The average molecular weight is 643 g/mol. The largest absolute Gasteiger partial charge is 0.0654 e. The minimum atomic E-state index is 0.953. The Morgan fingerprint density at radius 3 is 1.89 bits per heavy atom. The van der Waals surface area contributed by atoms with E-state index in [0.717, 1.165) is 59.2 Å². The number of hydrogen-bond donors (Lipinski definition) is 0. The maximum atomic E-state index is 2.57. The van der Waals surface area contributed by atoms with Crippen molar-refractivity contribution in [2.75, 3.05) is 0 Å². The fourth-order valence-electron chi connectivity index (χ4n) is 10.4. The van der Waals surface area contributed by atoms with Gasteiger partial charge < -0.3 is 0 Å². The minimum Gasteiger partial charge on any atom is -0.0654 e. The highest BCUT2D eigenvalue weighted by Crippen LogP contribution is 2.48. The van der Waals surface area contributed by atoms with Crippen LogP contribution in [-0.2, 0) is 0 Å². The summed E-state index contributed by atoms with van der Waals surface area (Å²) in [5, 5.41) is 0. The number of unbranched alkanes of at least 4 members (excludes halogenated alkanes) is 3. The van der Waals surface area contributed by atoms with Crippen LogP contribution in [0, 0.1) is 59.2 Å². The highest BCUT2D eigenvalue weighted by Gasteiger charge is 2.37. The van der Waals surface area contributed by atoms with E-state index in [0.29, 0.717) is 0 Å².